The number of carbonyl (C=O) groups excluding carboxylic acids is 2. The highest BCUT2D eigenvalue weighted by atomic mass is 32.2. The number of rotatable bonds is 6. The lowest BCUT2D eigenvalue weighted by atomic mass is 10.1. The molecule has 6 heteroatoms. The van der Waals surface area contributed by atoms with E-state index in [4.69, 9.17) is 4.74 Å². The van der Waals surface area contributed by atoms with Crippen LogP contribution in [0.25, 0.3) is 10.8 Å². The number of hydrogen-bond acceptors (Lipinski definition) is 4. The van der Waals surface area contributed by atoms with Crippen LogP contribution in [0.4, 0.5) is 11.4 Å². The van der Waals surface area contributed by atoms with Crippen LogP contribution in [0.1, 0.15) is 28.2 Å². The lowest BCUT2D eigenvalue weighted by Crippen LogP contribution is -2.27. The van der Waals surface area contributed by atoms with Gasteiger partial charge in [-0.05, 0) is 71.8 Å². The van der Waals surface area contributed by atoms with Gasteiger partial charge in [-0.1, -0.05) is 42.5 Å². The molecule has 170 valence electrons. The number of hydrogen-bond donors (Lipinski definition) is 1. The summed E-state index contributed by atoms with van der Waals surface area (Å²) < 4.78 is 5.52. The van der Waals surface area contributed by atoms with E-state index in [9.17, 15) is 9.59 Å². The molecule has 2 amide bonds. The summed E-state index contributed by atoms with van der Waals surface area (Å²) in [5, 5.41) is 4.99. The van der Waals surface area contributed by atoms with Crippen LogP contribution in [0.3, 0.4) is 0 Å². The van der Waals surface area contributed by atoms with E-state index in [-0.39, 0.29) is 17.2 Å². The highest BCUT2D eigenvalue weighted by Crippen LogP contribution is 2.42. The van der Waals surface area contributed by atoms with E-state index in [2.05, 4.69) is 5.32 Å². The van der Waals surface area contributed by atoms with Crippen LogP contribution >= 0.6 is 11.8 Å². The highest BCUT2D eigenvalue weighted by Gasteiger charge is 2.34. The maximum atomic E-state index is 12.8. The predicted molar refractivity (Wildman–Crippen MR) is 139 cm³/mol. The first-order valence-corrected chi connectivity index (χ1v) is 12.2. The van der Waals surface area contributed by atoms with Gasteiger partial charge in [-0.15, -0.1) is 11.8 Å². The number of anilines is 2. The largest absolute Gasteiger partial charge is 0.494 e. The van der Waals surface area contributed by atoms with Crippen molar-refractivity contribution in [2.75, 3.05) is 22.6 Å². The fourth-order valence-electron chi connectivity index (χ4n) is 4.08. The zero-order chi connectivity index (χ0) is 23.5. The summed E-state index contributed by atoms with van der Waals surface area (Å²) in [6.45, 7) is 2.54. The molecule has 1 N–H and O–H groups in total. The van der Waals surface area contributed by atoms with Crippen molar-refractivity contribution in [1.29, 1.82) is 0 Å². The van der Waals surface area contributed by atoms with Crippen LogP contribution in [-0.2, 0) is 4.79 Å². The molecule has 5 rings (SSSR count). The van der Waals surface area contributed by atoms with Crippen molar-refractivity contribution in [1.82, 2.24) is 0 Å². The van der Waals surface area contributed by atoms with Gasteiger partial charge in [0.25, 0.3) is 5.91 Å². The summed E-state index contributed by atoms with van der Waals surface area (Å²) in [7, 11) is 0. The van der Waals surface area contributed by atoms with Gasteiger partial charge < -0.3 is 10.1 Å². The number of benzene rings is 4. The fraction of sp³-hybridized carbons (Fsp3) is 0.143. The van der Waals surface area contributed by atoms with E-state index < -0.39 is 0 Å². The predicted octanol–water partition coefficient (Wildman–Crippen LogP) is 6.27. The summed E-state index contributed by atoms with van der Waals surface area (Å²) >= 11 is 1.60. The normalized spacial score (nSPS) is 15.5. The van der Waals surface area contributed by atoms with Crippen LogP contribution in [0.2, 0.25) is 0 Å². The van der Waals surface area contributed by atoms with Gasteiger partial charge in [-0.2, -0.15) is 0 Å². The van der Waals surface area contributed by atoms with Gasteiger partial charge in [-0.3, -0.25) is 14.5 Å². The van der Waals surface area contributed by atoms with Gasteiger partial charge >= 0.3 is 0 Å². The standard InChI is InChI=1S/C28H24N2O3S/c1-2-33-25-15-13-24(14-16-25)30-26(31)18-34-28(30)20-9-11-23(12-10-20)29-27(32)22-8-7-19-5-3-4-6-21(19)17-22/h3-17,28H,2,18H2,1H3,(H,29,32). The Morgan fingerprint density at radius 3 is 2.44 bits per heavy atom. The van der Waals surface area contributed by atoms with E-state index in [1.165, 1.54) is 0 Å². The Bertz CT molecular complexity index is 1340. The zero-order valence-corrected chi connectivity index (χ0v) is 19.5. The topological polar surface area (TPSA) is 58.6 Å². The second-order valence-electron chi connectivity index (χ2n) is 7.99. The molecule has 0 spiro atoms. The lowest BCUT2D eigenvalue weighted by Gasteiger charge is -2.24. The Morgan fingerprint density at radius 1 is 0.971 bits per heavy atom. The number of nitrogens with one attached hydrogen (secondary N) is 1. The zero-order valence-electron chi connectivity index (χ0n) is 18.7. The van der Waals surface area contributed by atoms with Crippen molar-refractivity contribution in [3.8, 4) is 5.75 Å². The highest BCUT2D eigenvalue weighted by molar-refractivity contribution is 8.00. The summed E-state index contributed by atoms with van der Waals surface area (Å²) in [6.07, 6.45) is 0. The average Bonchev–Trinajstić information content (AvgIpc) is 3.26. The van der Waals surface area contributed by atoms with Gasteiger partial charge in [0, 0.05) is 16.9 Å². The van der Waals surface area contributed by atoms with Crippen LogP contribution in [0.15, 0.2) is 91.0 Å². The van der Waals surface area contributed by atoms with E-state index in [1.54, 1.807) is 11.8 Å². The molecule has 0 bridgehead atoms. The van der Waals surface area contributed by atoms with Crippen LogP contribution < -0.4 is 15.0 Å². The molecule has 1 atom stereocenters. The fourth-order valence-corrected chi connectivity index (χ4v) is 5.26. The second-order valence-corrected chi connectivity index (χ2v) is 9.06. The molecule has 4 aromatic carbocycles. The molecule has 1 fully saturated rings. The van der Waals surface area contributed by atoms with Gasteiger partial charge in [0.1, 0.15) is 11.1 Å². The van der Waals surface area contributed by atoms with Crippen molar-refractivity contribution in [3.05, 3.63) is 102 Å². The summed E-state index contributed by atoms with van der Waals surface area (Å²) in [4.78, 5) is 27.2. The SMILES string of the molecule is CCOc1ccc(N2C(=O)CSC2c2ccc(NC(=O)c3ccc4ccccc4c3)cc2)cc1. The quantitative estimate of drug-likeness (QED) is 0.362. The molecule has 4 aromatic rings. The van der Waals surface area contributed by atoms with Crippen LogP contribution in [0.5, 0.6) is 5.75 Å². The Kier molecular flexibility index (Phi) is 6.23. The average molecular weight is 469 g/mol. The van der Waals surface area contributed by atoms with E-state index in [0.717, 1.165) is 27.8 Å². The van der Waals surface area contributed by atoms with Gasteiger partial charge in [0.05, 0.1) is 12.4 Å². The van der Waals surface area contributed by atoms with Crippen LogP contribution in [0, 0.1) is 0 Å². The molecule has 0 radical (unpaired) electrons. The minimum Gasteiger partial charge on any atom is -0.494 e. The minimum absolute atomic E-state index is 0.0767. The van der Waals surface area contributed by atoms with E-state index in [1.807, 2.05) is 103 Å². The third kappa shape index (κ3) is 4.50. The lowest BCUT2D eigenvalue weighted by molar-refractivity contribution is -0.115. The molecule has 0 aromatic heterocycles. The van der Waals surface area contributed by atoms with Crippen molar-refractivity contribution >= 4 is 45.7 Å². The molecule has 1 heterocycles. The molecule has 0 aliphatic carbocycles. The van der Waals surface area contributed by atoms with Crippen LogP contribution in [-0.4, -0.2) is 24.2 Å². The van der Waals surface area contributed by atoms with Crippen molar-refractivity contribution in [3.63, 3.8) is 0 Å². The molecule has 1 aliphatic heterocycles. The number of fused-ring (bicyclic) bond motifs is 1. The first-order chi connectivity index (χ1) is 16.6. The molecule has 1 saturated heterocycles. The number of carbonyl (C=O) groups is 2. The smallest absolute Gasteiger partial charge is 0.255 e. The number of thioether (sulfide) groups is 1. The van der Waals surface area contributed by atoms with Crippen molar-refractivity contribution < 1.29 is 14.3 Å². The van der Waals surface area contributed by atoms with Gasteiger partial charge in [-0.25, -0.2) is 0 Å². The number of amides is 2. The number of ether oxygens (including phenoxy) is 1. The summed E-state index contributed by atoms with van der Waals surface area (Å²) in [6, 6.07) is 29.0. The Morgan fingerprint density at radius 2 is 1.71 bits per heavy atom. The molecular weight excluding hydrogens is 444 g/mol. The number of nitrogens with zero attached hydrogens (tertiary/aromatic N) is 1. The van der Waals surface area contributed by atoms with Crippen molar-refractivity contribution in [2.24, 2.45) is 0 Å². The van der Waals surface area contributed by atoms with Gasteiger partial charge in [0.15, 0.2) is 0 Å². The monoisotopic (exact) mass is 468 g/mol. The Hall–Kier alpha value is -3.77. The Balaban J connectivity index is 1.31. The molecule has 34 heavy (non-hydrogen) atoms. The van der Waals surface area contributed by atoms with Gasteiger partial charge in [0.2, 0.25) is 5.91 Å². The third-order valence-corrected chi connectivity index (χ3v) is 6.97. The van der Waals surface area contributed by atoms with Crippen molar-refractivity contribution in [2.45, 2.75) is 12.3 Å². The first-order valence-electron chi connectivity index (χ1n) is 11.2. The first kappa shape index (κ1) is 22.0. The minimum atomic E-state index is -0.153. The molecule has 1 aliphatic rings. The van der Waals surface area contributed by atoms with E-state index in [0.29, 0.717) is 23.6 Å². The molecule has 1 unspecified atom stereocenters. The third-order valence-electron chi connectivity index (χ3n) is 5.76. The maximum Gasteiger partial charge on any atom is 0.255 e. The Labute approximate surface area is 202 Å². The summed E-state index contributed by atoms with van der Waals surface area (Å²) in [5.74, 6) is 1.14. The van der Waals surface area contributed by atoms with E-state index >= 15 is 0 Å². The molecular formula is C28H24N2O3S. The molecule has 0 saturated carbocycles. The second kappa shape index (κ2) is 9.61. The maximum absolute atomic E-state index is 12.8. The summed E-state index contributed by atoms with van der Waals surface area (Å²) in [5.41, 5.74) is 3.18. The molecule has 5 nitrogen and oxygen atoms in total.